The lowest BCUT2D eigenvalue weighted by molar-refractivity contribution is -0.120. The highest BCUT2D eigenvalue weighted by atomic mass is 19.1. The fraction of sp³-hybridized carbons (Fsp3) is 0.353. The standard InChI is InChI=1S/C17H16FNO3/c1-9-7-14(18)15(8-13(9)10(2)20)19-16(21)11-5-3-4-6-12(11)17(19)22/h7-8H,3-6H2,1-2H3. The second kappa shape index (κ2) is 5.16. The van der Waals surface area contributed by atoms with Gasteiger partial charge in [0.25, 0.3) is 11.8 Å². The molecule has 0 fully saturated rings. The van der Waals surface area contributed by atoms with Crippen molar-refractivity contribution in [1.82, 2.24) is 0 Å². The molecule has 2 aliphatic rings. The van der Waals surface area contributed by atoms with Crippen molar-refractivity contribution in [2.75, 3.05) is 4.90 Å². The van der Waals surface area contributed by atoms with E-state index in [2.05, 4.69) is 0 Å². The minimum atomic E-state index is -0.663. The van der Waals surface area contributed by atoms with Gasteiger partial charge in [-0.05, 0) is 57.2 Å². The predicted molar refractivity (Wildman–Crippen MR) is 79.1 cm³/mol. The number of Topliss-reactive ketones (excluding diaryl/α,β-unsaturated/α-hetero) is 1. The van der Waals surface area contributed by atoms with E-state index in [0.29, 0.717) is 35.1 Å². The number of rotatable bonds is 2. The predicted octanol–water partition coefficient (Wildman–Crippen LogP) is 3.08. The van der Waals surface area contributed by atoms with E-state index in [-0.39, 0.29) is 11.5 Å². The number of benzene rings is 1. The molecular formula is C17H16FNO3. The minimum Gasteiger partial charge on any atom is -0.294 e. The zero-order valence-electron chi connectivity index (χ0n) is 12.5. The number of amides is 2. The molecule has 0 N–H and O–H groups in total. The summed E-state index contributed by atoms with van der Waals surface area (Å²) in [4.78, 5) is 37.5. The smallest absolute Gasteiger partial charge is 0.261 e. The van der Waals surface area contributed by atoms with Crippen molar-refractivity contribution in [2.24, 2.45) is 0 Å². The van der Waals surface area contributed by atoms with Gasteiger partial charge in [0.1, 0.15) is 5.82 Å². The Kier molecular flexibility index (Phi) is 3.43. The van der Waals surface area contributed by atoms with E-state index in [9.17, 15) is 18.8 Å². The second-order valence-electron chi connectivity index (χ2n) is 5.78. The van der Waals surface area contributed by atoms with Crippen LogP contribution in [0.2, 0.25) is 0 Å². The van der Waals surface area contributed by atoms with Crippen LogP contribution in [-0.2, 0) is 9.59 Å². The van der Waals surface area contributed by atoms with Crippen molar-refractivity contribution >= 4 is 23.3 Å². The van der Waals surface area contributed by atoms with Crippen LogP contribution >= 0.6 is 0 Å². The first-order valence-corrected chi connectivity index (χ1v) is 7.33. The molecule has 3 rings (SSSR count). The van der Waals surface area contributed by atoms with Crippen LogP contribution in [0.1, 0.15) is 48.5 Å². The highest BCUT2D eigenvalue weighted by Gasteiger charge is 2.40. The maximum absolute atomic E-state index is 14.3. The number of anilines is 1. The zero-order chi connectivity index (χ0) is 16.0. The van der Waals surface area contributed by atoms with E-state index in [1.165, 1.54) is 19.1 Å². The number of hydrogen-bond acceptors (Lipinski definition) is 3. The SMILES string of the molecule is CC(=O)c1cc(N2C(=O)C3=C(CCCC3)C2=O)c(F)cc1C. The number of nitrogens with zero attached hydrogens (tertiary/aromatic N) is 1. The minimum absolute atomic E-state index is 0.125. The quantitative estimate of drug-likeness (QED) is 0.623. The molecule has 0 aromatic heterocycles. The second-order valence-corrected chi connectivity index (χ2v) is 5.78. The van der Waals surface area contributed by atoms with E-state index in [4.69, 9.17) is 0 Å². The Bertz CT molecular complexity index is 721. The monoisotopic (exact) mass is 301 g/mol. The van der Waals surface area contributed by atoms with E-state index in [1.807, 2.05) is 0 Å². The molecule has 0 atom stereocenters. The molecule has 1 aliphatic heterocycles. The van der Waals surface area contributed by atoms with Crippen molar-refractivity contribution in [3.05, 3.63) is 40.2 Å². The summed E-state index contributed by atoms with van der Waals surface area (Å²) in [6.45, 7) is 3.00. The van der Waals surface area contributed by atoms with Crippen LogP contribution in [0.25, 0.3) is 0 Å². The van der Waals surface area contributed by atoms with Gasteiger partial charge in [-0.3, -0.25) is 14.4 Å². The highest BCUT2D eigenvalue weighted by Crippen LogP contribution is 2.37. The fourth-order valence-corrected chi connectivity index (χ4v) is 3.17. The number of imide groups is 1. The Labute approximate surface area is 127 Å². The third-order valence-electron chi connectivity index (χ3n) is 4.30. The largest absolute Gasteiger partial charge is 0.294 e. The van der Waals surface area contributed by atoms with Gasteiger partial charge in [0.2, 0.25) is 0 Å². The van der Waals surface area contributed by atoms with Gasteiger partial charge in [-0.1, -0.05) is 0 Å². The van der Waals surface area contributed by atoms with Crippen molar-refractivity contribution in [3.8, 4) is 0 Å². The first kappa shape index (κ1) is 14.6. The number of carbonyl (C=O) groups is 3. The van der Waals surface area contributed by atoms with Crippen LogP contribution in [0.15, 0.2) is 23.3 Å². The number of aryl methyl sites for hydroxylation is 1. The highest BCUT2D eigenvalue weighted by molar-refractivity contribution is 6.33. The molecule has 0 saturated heterocycles. The third kappa shape index (κ3) is 2.08. The van der Waals surface area contributed by atoms with Gasteiger partial charge in [-0.25, -0.2) is 9.29 Å². The molecule has 0 radical (unpaired) electrons. The number of hydrogen-bond donors (Lipinski definition) is 0. The van der Waals surface area contributed by atoms with Crippen molar-refractivity contribution in [3.63, 3.8) is 0 Å². The van der Waals surface area contributed by atoms with Crippen LogP contribution < -0.4 is 4.90 Å². The van der Waals surface area contributed by atoms with E-state index in [1.54, 1.807) is 6.92 Å². The van der Waals surface area contributed by atoms with Gasteiger partial charge in [0.15, 0.2) is 5.78 Å². The average Bonchev–Trinajstić information content (AvgIpc) is 2.72. The molecule has 2 amide bonds. The number of ketones is 1. The van der Waals surface area contributed by atoms with Crippen LogP contribution in [-0.4, -0.2) is 17.6 Å². The maximum atomic E-state index is 14.3. The molecule has 114 valence electrons. The van der Waals surface area contributed by atoms with Crippen LogP contribution in [0, 0.1) is 12.7 Å². The van der Waals surface area contributed by atoms with Gasteiger partial charge in [0.05, 0.1) is 5.69 Å². The lowest BCUT2D eigenvalue weighted by atomic mass is 9.93. The normalized spacial score (nSPS) is 18.0. The molecule has 22 heavy (non-hydrogen) atoms. The lowest BCUT2D eigenvalue weighted by Gasteiger charge is -2.17. The number of halogens is 1. The summed E-state index contributed by atoms with van der Waals surface area (Å²) in [7, 11) is 0. The average molecular weight is 301 g/mol. The Morgan fingerprint density at radius 2 is 1.64 bits per heavy atom. The van der Waals surface area contributed by atoms with Gasteiger partial charge < -0.3 is 0 Å². The molecule has 0 spiro atoms. The molecule has 0 unspecified atom stereocenters. The maximum Gasteiger partial charge on any atom is 0.261 e. The summed E-state index contributed by atoms with van der Waals surface area (Å²) in [5.41, 5.74) is 1.69. The van der Waals surface area contributed by atoms with E-state index >= 15 is 0 Å². The summed E-state index contributed by atoms with van der Waals surface area (Å²) >= 11 is 0. The summed E-state index contributed by atoms with van der Waals surface area (Å²) in [5, 5.41) is 0. The first-order valence-electron chi connectivity index (χ1n) is 7.33. The molecule has 1 aromatic carbocycles. The molecular weight excluding hydrogens is 285 g/mol. The topological polar surface area (TPSA) is 54.5 Å². The van der Waals surface area contributed by atoms with Gasteiger partial charge >= 0.3 is 0 Å². The van der Waals surface area contributed by atoms with Crippen LogP contribution in [0.5, 0.6) is 0 Å². The fourth-order valence-electron chi connectivity index (χ4n) is 3.17. The Hall–Kier alpha value is -2.30. The Morgan fingerprint density at radius 1 is 1.09 bits per heavy atom. The molecule has 0 bridgehead atoms. The summed E-state index contributed by atoms with van der Waals surface area (Å²) in [6.07, 6.45) is 2.84. The summed E-state index contributed by atoms with van der Waals surface area (Å²) in [6, 6.07) is 2.51. The molecule has 1 heterocycles. The Balaban J connectivity index is 2.09. The van der Waals surface area contributed by atoms with Crippen LogP contribution in [0.3, 0.4) is 0 Å². The van der Waals surface area contributed by atoms with Crippen LogP contribution in [0.4, 0.5) is 10.1 Å². The van der Waals surface area contributed by atoms with E-state index in [0.717, 1.165) is 17.7 Å². The molecule has 1 aliphatic carbocycles. The van der Waals surface area contributed by atoms with Crippen molar-refractivity contribution in [1.29, 1.82) is 0 Å². The third-order valence-corrected chi connectivity index (χ3v) is 4.30. The lowest BCUT2D eigenvalue weighted by Crippen LogP contribution is -2.32. The molecule has 0 saturated carbocycles. The molecule has 5 heteroatoms. The van der Waals surface area contributed by atoms with Gasteiger partial charge in [-0.2, -0.15) is 0 Å². The van der Waals surface area contributed by atoms with Crippen molar-refractivity contribution < 1.29 is 18.8 Å². The van der Waals surface area contributed by atoms with E-state index < -0.39 is 17.6 Å². The first-order chi connectivity index (χ1) is 10.4. The summed E-state index contributed by atoms with van der Waals surface area (Å²) in [5.74, 6) is -1.78. The molecule has 4 nitrogen and oxygen atoms in total. The Morgan fingerprint density at radius 3 is 2.14 bits per heavy atom. The van der Waals surface area contributed by atoms with Gasteiger partial charge in [0, 0.05) is 16.7 Å². The molecule has 1 aromatic rings. The van der Waals surface area contributed by atoms with Gasteiger partial charge in [-0.15, -0.1) is 0 Å². The van der Waals surface area contributed by atoms with Crippen molar-refractivity contribution in [2.45, 2.75) is 39.5 Å². The summed E-state index contributed by atoms with van der Waals surface area (Å²) < 4.78 is 14.3. The number of carbonyl (C=O) groups excluding carboxylic acids is 3. The zero-order valence-corrected chi connectivity index (χ0v) is 12.5.